The van der Waals surface area contributed by atoms with Crippen LogP contribution in [-0.2, 0) is 9.53 Å². The third-order valence-electron chi connectivity index (χ3n) is 6.21. The molecule has 8 nitrogen and oxygen atoms in total. The second-order valence-corrected chi connectivity index (χ2v) is 8.93. The van der Waals surface area contributed by atoms with Gasteiger partial charge in [0.25, 0.3) is 0 Å². The summed E-state index contributed by atoms with van der Waals surface area (Å²) in [5, 5.41) is 3.26. The molecular weight excluding hydrogens is 368 g/mol. The van der Waals surface area contributed by atoms with Crippen molar-refractivity contribution >= 4 is 17.7 Å². The molecular formula is C21H34N6O2. The van der Waals surface area contributed by atoms with Gasteiger partial charge in [-0.1, -0.05) is 0 Å². The number of carbonyl (C=O) groups excluding carboxylic acids is 1. The van der Waals surface area contributed by atoms with Crippen LogP contribution < -0.4 is 10.2 Å². The normalized spacial score (nSPS) is 24.0. The molecule has 1 saturated carbocycles. The molecule has 1 aromatic heterocycles. The highest BCUT2D eigenvalue weighted by atomic mass is 16.5. The van der Waals surface area contributed by atoms with Crippen molar-refractivity contribution in [3.05, 3.63) is 12.3 Å². The Balaban J connectivity index is 1.23. The quantitative estimate of drug-likeness (QED) is 0.703. The number of ether oxygens (including phenoxy) is 1. The molecule has 2 aliphatic heterocycles. The molecule has 3 fully saturated rings. The van der Waals surface area contributed by atoms with Crippen molar-refractivity contribution in [2.75, 3.05) is 70.2 Å². The molecule has 1 amide bonds. The fourth-order valence-corrected chi connectivity index (χ4v) is 4.20. The molecule has 3 heterocycles. The molecule has 160 valence electrons. The highest BCUT2D eigenvalue weighted by molar-refractivity contribution is 5.78. The van der Waals surface area contributed by atoms with Crippen molar-refractivity contribution in [1.29, 1.82) is 0 Å². The lowest BCUT2D eigenvalue weighted by molar-refractivity contribution is -0.149. The Morgan fingerprint density at radius 2 is 1.93 bits per heavy atom. The zero-order valence-corrected chi connectivity index (χ0v) is 17.7. The summed E-state index contributed by atoms with van der Waals surface area (Å²) in [6, 6.07) is 1.87. The Labute approximate surface area is 173 Å². The van der Waals surface area contributed by atoms with Gasteiger partial charge in [0.15, 0.2) is 0 Å². The third kappa shape index (κ3) is 5.79. The highest BCUT2D eigenvalue weighted by Crippen LogP contribution is 2.31. The minimum absolute atomic E-state index is 0.0331. The second kappa shape index (κ2) is 9.26. The molecule has 2 saturated heterocycles. The largest absolute Gasteiger partial charge is 0.365 e. The third-order valence-corrected chi connectivity index (χ3v) is 6.21. The summed E-state index contributed by atoms with van der Waals surface area (Å²) in [5.74, 6) is 3.14. The summed E-state index contributed by atoms with van der Waals surface area (Å²) in [6.07, 6.45) is 6.95. The van der Waals surface area contributed by atoms with Crippen molar-refractivity contribution in [2.24, 2.45) is 11.8 Å². The zero-order valence-electron chi connectivity index (χ0n) is 17.7. The molecule has 4 rings (SSSR count). The summed E-state index contributed by atoms with van der Waals surface area (Å²) >= 11 is 0. The number of nitrogens with one attached hydrogen (secondary N) is 1. The Morgan fingerprint density at radius 1 is 1.17 bits per heavy atom. The molecule has 1 N–H and O–H groups in total. The maximum absolute atomic E-state index is 12.4. The number of nitrogens with zero attached hydrogens (tertiary/aromatic N) is 5. The van der Waals surface area contributed by atoms with Crippen LogP contribution in [-0.4, -0.2) is 91.7 Å². The molecule has 0 radical (unpaired) electrons. The van der Waals surface area contributed by atoms with Crippen molar-refractivity contribution in [1.82, 2.24) is 19.8 Å². The molecule has 1 aromatic rings. The van der Waals surface area contributed by atoms with E-state index in [9.17, 15) is 4.79 Å². The fraction of sp³-hybridized carbons (Fsp3) is 0.762. The van der Waals surface area contributed by atoms with Gasteiger partial charge < -0.3 is 24.8 Å². The fourth-order valence-electron chi connectivity index (χ4n) is 4.20. The molecule has 0 bridgehead atoms. The molecule has 1 atom stereocenters. The van der Waals surface area contributed by atoms with Crippen LogP contribution in [0.3, 0.4) is 0 Å². The Hall–Kier alpha value is -1.93. The van der Waals surface area contributed by atoms with Gasteiger partial charge in [0.2, 0.25) is 11.9 Å². The van der Waals surface area contributed by atoms with Crippen LogP contribution in [0.25, 0.3) is 0 Å². The Kier molecular flexibility index (Phi) is 6.50. The van der Waals surface area contributed by atoms with E-state index in [2.05, 4.69) is 20.2 Å². The van der Waals surface area contributed by atoms with E-state index in [1.54, 1.807) is 6.20 Å². The zero-order chi connectivity index (χ0) is 20.2. The van der Waals surface area contributed by atoms with Crippen LogP contribution in [0.1, 0.15) is 25.7 Å². The summed E-state index contributed by atoms with van der Waals surface area (Å²) < 4.78 is 5.75. The van der Waals surface area contributed by atoms with Crippen LogP contribution in [0.15, 0.2) is 12.3 Å². The number of anilines is 2. The highest BCUT2D eigenvalue weighted by Gasteiger charge is 2.31. The number of hydrogen-bond donors (Lipinski definition) is 1. The predicted octanol–water partition coefficient (Wildman–Crippen LogP) is 1.30. The smallest absolute Gasteiger partial charge is 0.248 e. The van der Waals surface area contributed by atoms with Crippen molar-refractivity contribution in [3.8, 4) is 0 Å². The second-order valence-electron chi connectivity index (χ2n) is 8.93. The van der Waals surface area contributed by atoms with Gasteiger partial charge in [-0.05, 0) is 56.7 Å². The number of carbonyl (C=O) groups is 1. The maximum Gasteiger partial charge on any atom is 0.248 e. The van der Waals surface area contributed by atoms with Gasteiger partial charge in [0, 0.05) is 46.5 Å². The average Bonchev–Trinajstić information content (AvgIpc) is 3.54. The van der Waals surface area contributed by atoms with E-state index in [0.717, 1.165) is 18.3 Å². The molecule has 3 aliphatic rings. The van der Waals surface area contributed by atoms with E-state index in [-0.39, 0.29) is 18.6 Å². The lowest BCUT2D eigenvalue weighted by atomic mass is 9.95. The van der Waals surface area contributed by atoms with Gasteiger partial charge in [0.05, 0.1) is 6.10 Å². The standard InChI is InChI=1S/C21H34N6O2/c1-25(2)19-5-8-22-21(24-19)23-11-18-14-27(20(28)15-29-18)13-17-6-9-26(10-7-17)12-16-3-4-16/h5,8,16-18H,3-4,6-7,9-15H2,1-2H3,(H,22,23,24). The van der Waals surface area contributed by atoms with E-state index in [1.165, 1.54) is 45.3 Å². The van der Waals surface area contributed by atoms with Crippen molar-refractivity contribution in [3.63, 3.8) is 0 Å². The molecule has 0 aromatic carbocycles. The first-order valence-corrected chi connectivity index (χ1v) is 10.9. The molecule has 1 aliphatic carbocycles. The number of rotatable bonds is 8. The Morgan fingerprint density at radius 3 is 2.66 bits per heavy atom. The summed E-state index contributed by atoms with van der Waals surface area (Å²) in [7, 11) is 3.91. The van der Waals surface area contributed by atoms with Crippen LogP contribution in [0.4, 0.5) is 11.8 Å². The van der Waals surface area contributed by atoms with E-state index in [4.69, 9.17) is 4.74 Å². The number of hydrogen-bond acceptors (Lipinski definition) is 7. The van der Waals surface area contributed by atoms with Crippen LogP contribution >= 0.6 is 0 Å². The maximum atomic E-state index is 12.4. The van der Waals surface area contributed by atoms with Crippen LogP contribution in [0.2, 0.25) is 0 Å². The SMILES string of the molecule is CN(C)c1ccnc(NCC2CN(CC3CCN(CC4CC4)CC3)C(=O)CO2)n1. The van der Waals surface area contributed by atoms with Crippen molar-refractivity contribution < 1.29 is 9.53 Å². The van der Waals surface area contributed by atoms with Gasteiger partial charge in [-0.3, -0.25) is 4.79 Å². The first kappa shape index (κ1) is 20.3. The Bertz CT molecular complexity index is 688. The van der Waals surface area contributed by atoms with E-state index >= 15 is 0 Å². The van der Waals surface area contributed by atoms with Crippen LogP contribution in [0.5, 0.6) is 0 Å². The molecule has 1 unspecified atom stereocenters. The number of morpholine rings is 1. The molecule has 29 heavy (non-hydrogen) atoms. The monoisotopic (exact) mass is 402 g/mol. The van der Waals surface area contributed by atoms with Crippen LogP contribution in [0, 0.1) is 11.8 Å². The van der Waals surface area contributed by atoms with Gasteiger partial charge >= 0.3 is 0 Å². The lowest BCUT2D eigenvalue weighted by Gasteiger charge is -2.38. The van der Waals surface area contributed by atoms with Gasteiger partial charge in [-0.15, -0.1) is 0 Å². The van der Waals surface area contributed by atoms with Gasteiger partial charge in [-0.2, -0.15) is 4.98 Å². The van der Waals surface area contributed by atoms with E-state index in [0.29, 0.717) is 25.0 Å². The minimum atomic E-state index is -0.0331. The summed E-state index contributed by atoms with van der Waals surface area (Å²) in [4.78, 5) is 27.7. The first-order valence-electron chi connectivity index (χ1n) is 10.9. The molecule has 0 spiro atoms. The number of amides is 1. The van der Waals surface area contributed by atoms with E-state index in [1.807, 2.05) is 30.0 Å². The topological polar surface area (TPSA) is 73.8 Å². The lowest BCUT2D eigenvalue weighted by Crippen LogP contribution is -2.51. The average molecular weight is 403 g/mol. The number of piperidine rings is 1. The number of likely N-dealkylation sites (tertiary alicyclic amines) is 1. The summed E-state index contributed by atoms with van der Waals surface area (Å²) in [6.45, 7) is 5.93. The summed E-state index contributed by atoms with van der Waals surface area (Å²) in [5.41, 5.74) is 0. The minimum Gasteiger partial charge on any atom is -0.365 e. The predicted molar refractivity (Wildman–Crippen MR) is 113 cm³/mol. The number of aromatic nitrogens is 2. The van der Waals surface area contributed by atoms with Gasteiger partial charge in [0.1, 0.15) is 12.4 Å². The van der Waals surface area contributed by atoms with Crippen molar-refractivity contribution in [2.45, 2.75) is 31.8 Å². The van der Waals surface area contributed by atoms with E-state index < -0.39 is 0 Å². The molecule has 8 heteroatoms. The first-order chi connectivity index (χ1) is 14.1. The van der Waals surface area contributed by atoms with Gasteiger partial charge in [-0.25, -0.2) is 4.98 Å².